The van der Waals surface area contributed by atoms with E-state index in [-0.39, 0.29) is 5.97 Å². The SMILES string of the molecule is COC(=O)c1cccc(NCc2nc(-c3ccco3)no2)c1C. The third-order valence-corrected chi connectivity index (χ3v) is 3.38. The van der Waals surface area contributed by atoms with E-state index in [1.807, 2.05) is 13.0 Å². The Kier molecular flexibility index (Phi) is 4.09. The van der Waals surface area contributed by atoms with Crippen LogP contribution in [0.1, 0.15) is 21.8 Å². The number of carbonyl (C=O) groups is 1. The lowest BCUT2D eigenvalue weighted by Gasteiger charge is -2.10. The maximum absolute atomic E-state index is 11.7. The number of hydrogen-bond donors (Lipinski definition) is 1. The summed E-state index contributed by atoms with van der Waals surface area (Å²) in [5.74, 6) is 0.985. The van der Waals surface area contributed by atoms with Crippen molar-refractivity contribution in [1.82, 2.24) is 10.1 Å². The third kappa shape index (κ3) is 3.08. The standard InChI is InChI=1S/C16H15N3O4/c1-10-11(16(20)21-2)5-3-6-12(10)17-9-14-18-15(19-23-14)13-7-4-8-22-13/h3-8,17H,9H2,1-2H3. The van der Waals surface area contributed by atoms with Gasteiger partial charge in [0, 0.05) is 5.69 Å². The number of aromatic nitrogens is 2. The zero-order valence-electron chi connectivity index (χ0n) is 12.7. The van der Waals surface area contributed by atoms with E-state index in [1.165, 1.54) is 7.11 Å². The molecular weight excluding hydrogens is 298 g/mol. The summed E-state index contributed by atoms with van der Waals surface area (Å²) < 4.78 is 15.1. The Morgan fingerprint density at radius 3 is 2.91 bits per heavy atom. The van der Waals surface area contributed by atoms with Gasteiger partial charge in [0.25, 0.3) is 0 Å². The summed E-state index contributed by atoms with van der Waals surface area (Å²) in [4.78, 5) is 15.9. The van der Waals surface area contributed by atoms with Crippen molar-refractivity contribution in [3.05, 3.63) is 53.6 Å². The molecule has 0 aliphatic heterocycles. The second-order valence-electron chi connectivity index (χ2n) is 4.81. The molecule has 0 unspecified atom stereocenters. The van der Waals surface area contributed by atoms with E-state index in [0.29, 0.717) is 29.6 Å². The molecule has 0 amide bonds. The van der Waals surface area contributed by atoms with Crippen molar-refractivity contribution in [2.75, 3.05) is 12.4 Å². The molecule has 7 heteroatoms. The first-order valence-electron chi connectivity index (χ1n) is 6.97. The fourth-order valence-corrected chi connectivity index (χ4v) is 2.16. The smallest absolute Gasteiger partial charge is 0.338 e. The van der Waals surface area contributed by atoms with Gasteiger partial charge in [0.05, 0.1) is 25.5 Å². The molecular formula is C16H15N3O4. The summed E-state index contributed by atoms with van der Waals surface area (Å²) in [5, 5.41) is 7.03. The molecule has 2 aromatic heterocycles. The first-order chi connectivity index (χ1) is 11.2. The first-order valence-corrected chi connectivity index (χ1v) is 6.97. The van der Waals surface area contributed by atoms with E-state index >= 15 is 0 Å². The minimum Gasteiger partial charge on any atom is -0.465 e. The van der Waals surface area contributed by atoms with Crippen molar-refractivity contribution in [3.8, 4) is 11.6 Å². The number of esters is 1. The van der Waals surface area contributed by atoms with Crippen molar-refractivity contribution < 1.29 is 18.5 Å². The number of carbonyl (C=O) groups excluding carboxylic acids is 1. The van der Waals surface area contributed by atoms with Crippen LogP contribution in [-0.4, -0.2) is 23.2 Å². The van der Waals surface area contributed by atoms with Crippen molar-refractivity contribution in [2.45, 2.75) is 13.5 Å². The molecule has 3 rings (SSSR count). The van der Waals surface area contributed by atoms with E-state index in [2.05, 4.69) is 15.5 Å². The normalized spacial score (nSPS) is 10.5. The molecule has 0 bridgehead atoms. The van der Waals surface area contributed by atoms with Crippen LogP contribution in [0.4, 0.5) is 5.69 Å². The highest BCUT2D eigenvalue weighted by atomic mass is 16.5. The van der Waals surface area contributed by atoms with Gasteiger partial charge in [-0.3, -0.25) is 0 Å². The molecule has 0 fully saturated rings. The number of rotatable bonds is 5. The monoisotopic (exact) mass is 313 g/mol. The topological polar surface area (TPSA) is 90.4 Å². The number of benzene rings is 1. The molecule has 23 heavy (non-hydrogen) atoms. The Balaban J connectivity index is 1.73. The lowest BCUT2D eigenvalue weighted by Crippen LogP contribution is -2.07. The Morgan fingerprint density at radius 1 is 1.30 bits per heavy atom. The summed E-state index contributed by atoms with van der Waals surface area (Å²) in [5.41, 5.74) is 2.11. The number of nitrogens with one attached hydrogen (secondary N) is 1. The van der Waals surface area contributed by atoms with Gasteiger partial charge < -0.3 is 19.0 Å². The average molecular weight is 313 g/mol. The number of ether oxygens (including phenoxy) is 1. The Bertz CT molecular complexity index is 809. The van der Waals surface area contributed by atoms with Gasteiger partial charge in [-0.1, -0.05) is 11.2 Å². The predicted molar refractivity (Wildman–Crippen MR) is 81.8 cm³/mol. The van der Waals surface area contributed by atoms with Crippen molar-refractivity contribution in [3.63, 3.8) is 0 Å². The minimum absolute atomic E-state index is 0.333. The highest BCUT2D eigenvalue weighted by Gasteiger charge is 2.13. The largest absolute Gasteiger partial charge is 0.465 e. The van der Waals surface area contributed by atoms with Crippen molar-refractivity contribution >= 4 is 11.7 Å². The average Bonchev–Trinajstić information content (AvgIpc) is 3.24. The van der Waals surface area contributed by atoms with Crippen LogP contribution in [0.25, 0.3) is 11.6 Å². The fraction of sp³-hybridized carbons (Fsp3) is 0.188. The number of furan rings is 1. The second kappa shape index (κ2) is 6.35. The van der Waals surface area contributed by atoms with Gasteiger partial charge in [0.1, 0.15) is 0 Å². The first kappa shape index (κ1) is 14.8. The Labute approximate surface area is 132 Å². The maximum Gasteiger partial charge on any atom is 0.338 e. The van der Waals surface area contributed by atoms with Crippen LogP contribution in [0.2, 0.25) is 0 Å². The van der Waals surface area contributed by atoms with Gasteiger partial charge in [-0.25, -0.2) is 4.79 Å². The summed E-state index contributed by atoms with van der Waals surface area (Å²) >= 11 is 0. The van der Waals surface area contributed by atoms with Crippen LogP contribution >= 0.6 is 0 Å². The minimum atomic E-state index is -0.371. The molecule has 3 aromatic rings. The second-order valence-corrected chi connectivity index (χ2v) is 4.81. The zero-order valence-corrected chi connectivity index (χ0v) is 12.7. The summed E-state index contributed by atoms with van der Waals surface area (Å²) in [6, 6.07) is 8.88. The predicted octanol–water partition coefficient (Wildman–Crippen LogP) is 3.04. The molecule has 0 saturated heterocycles. The van der Waals surface area contributed by atoms with E-state index in [1.54, 1.807) is 30.5 Å². The molecule has 118 valence electrons. The Morgan fingerprint density at radius 2 is 2.17 bits per heavy atom. The third-order valence-electron chi connectivity index (χ3n) is 3.38. The van der Waals surface area contributed by atoms with Crippen LogP contribution in [0.3, 0.4) is 0 Å². The van der Waals surface area contributed by atoms with Gasteiger partial charge in [-0.2, -0.15) is 4.98 Å². The molecule has 0 saturated carbocycles. The molecule has 0 radical (unpaired) electrons. The molecule has 1 aromatic carbocycles. The number of nitrogens with zero attached hydrogens (tertiary/aromatic N) is 2. The summed E-state index contributed by atoms with van der Waals surface area (Å²) in [6.07, 6.45) is 1.55. The highest BCUT2D eigenvalue weighted by molar-refractivity contribution is 5.92. The van der Waals surface area contributed by atoms with Crippen LogP contribution in [-0.2, 0) is 11.3 Å². The lowest BCUT2D eigenvalue weighted by atomic mass is 10.1. The fourth-order valence-electron chi connectivity index (χ4n) is 2.16. The van der Waals surface area contributed by atoms with Crippen LogP contribution in [0, 0.1) is 6.92 Å². The maximum atomic E-state index is 11.7. The van der Waals surface area contributed by atoms with Gasteiger partial charge in [0.2, 0.25) is 11.7 Å². The van der Waals surface area contributed by atoms with Gasteiger partial charge in [-0.05, 0) is 36.8 Å². The van der Waals surface area contributed by atoms with Gasteiger partial charge in [-0.15, -0.1) is 0 Å². The summed E-state index contributed by atoms with van der Waals surface area (Å²) in [6.45, 7) is 2.18. The van der Waals surface area contributed by atoms with Gasteiger partial charge in [0.15, 0.2) is 5.76 Å². The molecule has 2 heterocycles. The number of anilines is 1. The Hall–Kier alpha value is -3.09. The van der Waals surface area contributed by atoms with Crippen molar-refractivity contribution in [2.24, 2.45) is 0 Å². The molecule has 0 atom stereocenters. The van der Waals surface area contributed by atoms with E-state index in [9.17, 15) is 4.79 Å². The molecule has 0 aliphatic carbocycles. The summed E-state index contributed by atoms with van der Waals surface area (Å²) in [7, 11) is 1.36. The zero-order chi connectivity index (χ0) is 16.2. The van der Waals surface area contributed by atoms with Crippen LogP contribution in [0.5, 0.6) is 0 Å². The van der Waals surface area contributed by atoms with E-state index < -0.39 is 0 Å². The lowest BCUT2D eigenvalue weighted by molar-refractivity contribution is 0.0600. The van der Waals surface area contributed by atoms with Crippen LogP contribution < -0.4 is 5.32 Å². The van der Waals surface area contributed by atoms with E-state index in [0.717, 1.165) is 11.3 Å². The highest BCUT2D eigenvalue weighted by Crippen LogP contribution is 2.21. The quantitative estimate of drug-likeness (QED) is 0.724. The molecule has 1 N–H and O–H groups in total. The van der Waals surface area contributed by atoms with E-state index in [4.69, 9.17) is 13.7 Å². The molecule has 7 nitrogen and oxygen atoms in total. The van der Waals surface area contributed by atoms with Crippen molar-refractivity contribution in [1.29, 1.82) is 0 Å². The molecule has 0 spiro atoms. The van der Waals surface area contributed by atoms with Crippen LogP contribution in [0.15, 0.2) is 45.5 Å². The number of hydrogen-bond acceptors (Lipinski definition) is 7. The van der Waals surface area contributed by atoms with Gasteiger partial charge >= 0.3 is 5.97 Å². The molecule has 0 aliphatic rings. The number of methoxy groups -OCH3 is 1.